The Labute approximate surface area is 104 Å². The van der Waals surface area contributed by atoms with Crippen molar-refractivity contribution in [3.05, 3.63) is 39.7 Å². The molecule has 0 bridgehead atoms. The van der Waals surface area contributed by atoms with E-state index in [4.69, 9.17) is 37.0 Å². The molecular weight excluding hydrogens is 274 g/mol. The minimum absolute atomic E-state index is 0.0460. The van der Waals surface area contributed by atoms with Crippen molar-refractivity contribution in [1.29, 1.82) is 0 Å². The van der Waals surface area contributed by atoms with Crippen molar-refractivity contribution in [3.8, 4) is 0 Å². The van der Waals surface area contributed by atoms with Gasteiger partial charge in [-0.2, -0.15) is 31.2 Å². The number of rotatable bonds is 3. The maximum atomic E-state index is 11.1. The monoisotopic (exact) mass is 285 g/mol. The lowest BCUT2D eigenvalue weighted by atomic mass is 10.2. The quantitative estimate of drug-likeness (QED) is 0.179. The van der Waals surface area contributed by atoms with Crippen LogP contribution in [0.3, 0.4) is 0 Å². The number of hydroxylamine groups is 6. The summed E-state index contributed by atoms with van der Waals surface area (Å²) in [5.74, 6) is -3.35. The van der Waals surface area contributed by atoms with Gasteiger partial charge in [-0.25, -0.2) is 5.73 Å². The van der Waals surface area contributed by atoms with Crippen LogP contribution in [-0.2, 0) is 0 Å². The third-order valence-corrected chi connectivity index (χ3v) is 2.20. The summed E-state index contributed by atoms with van der Waals surface area (Å²) in [5.41, 5.74) is 4.00. The van der Waals surface area contributed by atoms with Crippen molar-refractivity contribution in [2.75, 3.05) is 0 Å². The van der Waals surface area contributed by atoms with E-state index in [0.29, 0.717) is 6.08 Å². The molecule has 0 saturated carbocycles. The first-order valence-electron chi connectivity index (χ1n) is 4.36. The van der Waals surface area contributed by atoms with Gasteiger partial charge < -0.3 is 15.6 Å². The summed E-state index contributed by atoms with van der Waals surface area (Å²) >= 11 is 0. The molecule has 0 saturated heterocycles. The van der Waals surface area contributed by atoms with Crippen molar-refractivity contribution in [2.45, 2.75) is 5.79 Å². The molecule has 0 fully saturated rings. The molecule has 1 heterocycles. The summed E-state index contributed by atoms with van der Waals surface area (Å²) in [6.07, 6.45) is 0.770. The SMILES string of the molecule is NC1([N+]([O-])(O)O)C=C([N+]([O-])(O)O)C=CN1[N+]([O-])(O)O. The van der Waals surface area contributed by atoms with Gasteiger partial charge in [-0.3, -0.25) is 0 Å². The van der Waals surface area contributed by atoms with E-state index in [1.54, 1.807) is 0 Å². The Morgan fingerprint density at radius 2 is 1.53 bits per heavy atom. The number of nitrogens with two attached hydrogens (primary N) is 1. The Bertz CT molecular complexity index is 416. The average molecular weight is 285 g/mol. The molecule has 1 aliphatic heterocycles. The maximum absolute atomic E-state index is 11.1. The highest BCUT2D eigenvalue weighted by molar-refractivity contribution is 5.20. The second-order valence-electron chi connectivity index (χ2n) is 3.61. The molecule has 110 valence electrons. The Balaban J connectivity index is 3.39. The number of hydrogen-bond donors (Lipinski definition) is 7. The van der Waals surface area contributed by atoms with E-state index in [1.165, 1.54) is 0 Å². The van der Waals surface area contributed by atoms with Gasteiger partial charge in [-0.05, 0) is 9.95 Å². The molecule has 0 aromatic rings. The van der Waals surface area contributed by atoms with Crippen LogP contribution in [0, 0.1) is 15.6 Å². The van der Waals surface area contributed by atoms with Crippen molar-refractivity contribution < 1.29 is 46.3 Å². The fourth-order valence-electron chi connectivity index (χ4n) is 1.29. The number of allylic oxidation sites excluding steroid dienone is 1. The van der Waals surface area contributed by atoms with E-state index in [1.807, 2.05) is 0 Å². The number of quaternary nitrogens is 3. The molecule has 1 aliphatic rings. The lowest BCUT2D eigenvalue weighted by Crippen LogP contribution is -2.76. The standard InChI is InChI=1S/C5H11N5O9/c6-5(9(14,15)16)3-4(8(11,12)13)1-2-7(5)10(17,18)19/h1-3,11-12,14-15,17-18H,6H2. The molecule has 0 aromatic heterocycles. The lowest BCUT2D eigenvalue weighted by Gasteiger charge is -2.47. The van der Waals surface area contributed by atoms with Crippen LogP contribution >= 0.6 is 0 Å². The molecule has 0 amide bonds. The van der Waals surface area contributed by atoms with Crippen LogP contribution in [0.5, 0.6) is 0 Å². The molecule has 14 nitrogen and oxygen atoms in total. The van der Waals surface area contributed by atoms with E-state index >= 15 is 0 Å². The molecule has 0 spiro atoms. The minimum atomic E-state index is -3.50. The summed E-state index contributed by atoms with van der Waals surface area (Å²) in [6.45, 7) is 0. The second kappa shape index (κ2) is 4.13. The van der Waals surface area contributed by atoms with Crippen molar-refractivity contribution in [2.24, 2.45) is 5.73 Å². The van der Waals surface area contributed by atoms with Gasteiger partial charge >= 0.3 is 5.79 Å². The fourth-order valence-corrected chi connectivity index (χ4v) is 1.29. The van der Waals surface area contributed by atoms with Crippen molar-refractivity contribution >= 4 is 0 Å². The number of hydrogen-bond acceptors (Lipinski definition) is 11. The van der Waals surface area contributed by atoms with Crippen molar-refractivity contribution in [3.63, 3.8) is 0 Å². The van der Waals surface area contributed by atoms with Gasteiger partial charge in [0, 0.05) is 11.2 Å². The van der Waals surface area contributed by atoms with Crippen LogP contribution in [0.1, 0.15) is 0 Å². The second-order valence-corrected chi connectivity index (χ2v) is 3.61. The smallest absolute Gasteiger partial charge is 0.365 e. The van der Waals surface area contributed by atoms with Gasteiger partial charge in [-0.1, -0.05) is 5.01 Å². The van der Waals surface area contributed by atoms with E-state index in [2.05, 4.69) is 0 Å². The van der Waals surface area contributed by atoms with Crippen LogP contribution in [-0.4, -0.2) is 57.1 Å². The average Bonchev–Trinajstić information content (AvgIpc) is 2.12. The Morgan fingerprint density at radius 3 is 1.84 bits per heavy atom. The Kier molecular flexibility index (Phi) is 3.44. The van der Waals surface area contributed by atoms with E-state index < -0.39 is 31.5 Å². The van der Waals surface area contributed by atoms with E-state index in [9.17, 15) is 15.6 Å². The summed E-state index contributed by atoms with van der Waals surface area (Å²) in [6, 6.07) is 0. The Morgan fingerprint density at radius 1 is 1.05 bits per heavy atom. The maximum Gasteiger partial charge on any atom is 0.365 e. The molecule has 8 N–H and O–H groups in total. The van der Waals surface area contributed by atoms with Crippen LogP contribution in [0.15, 0.2) is 24.0 Å². The summed E-state index contributed by atoms with van der Waals surface area (Å²) in [7, 11) is 0. The molecule has 1 atom stereocenters. The highest BCUT2D eigenvalue weighted by atomic mass is 17.1. The number of nitrogens with zero attached hydrogens (tertiary/aromatic N) is 4. The molecular formula is C5H11N5O9. The first kappa shape index (κ1) is 15.8. The molecule has 0 aromatic carbocycles. The van der Waals surface area contributed by atoms with Crippen LogP contribution in [0.2, 0.25) is 0 Å². The molecule has 14 heteroatoms. The molecule has 1 unspecified atom stereocenters. The normalized spacial score (nSPS) is 25.6. The third kappa shape index (κ3) is 2.86. The van der Waals surface area contributed by atoms with Gasteiger partial charge in [0.25, 0.3) is 0 Å². The van der Waals surface area contributed by atoms with E-state index in [-0.39, 0.29) is 12.3 Å². The van der Waals surface area contributed by atoms with Gasteiger partial charge in [0.2, 0.25) is 5.70 Å². The Hall–Kier alpha value is -1.24. The molecule has 0 aliphatic carbocycles. The predicted molar refractivity (Wildman–Crippen MR) is 47.6 cm³/mol. The minimum Gasteiger partial charge on any atom is -0.561 e. The summed E-state index contributed by atoms with van der Waals surface area (Å²) < 4.78 is 0. The third-order valence-electron chi connectivity index (χ3n) is 2.20. The van der Waals surface area contributed by atoms with Crippen LogP contribution < -0.4 is 5.73 Å². The fraction of sp³-hybridized carbons (Fsp3) is 0.200. The highest BCUT2D eigenvalue weighted by Crippen LogP contribution is 2.31. The zero-order valence-electron chi connectivity index (χ0n) is 9.01. The molecule has 1 rings (SSSR count). The molecule has 19 heavy (non-hydrogen) atoms. The van der Waals surface area contributed by atoms with Gasteiger partial charge in [0.15, 0.2) is 0 Å². The predicted octanol–water partition coefficient (Wildman–Crippen LogP) is -1.49. The van der Waals surface area contributed by atoms with Crippen molar-refractivity contribution in [1.82, 2.24) is 5.01 Å². The van der Waals surface area contributed by atoms with E-state index in [0.717, 1.165) is 0 Å². The largest absolute Gasteiger partial charge is 0.561 e. The van der Waals surface area contributed by atoms with Gasteiger partial charge in [-0.15, -0.1) is 0 Å². The first-order chi connectivity index (χ1) is 8.19. The van der Waals surface area contributed by atoms with Crippen LogP contribution in [0.25, 0.3) is 0 Å². The molecule has 0 radical (unpaired) electrons. The first-order valence-corrected chi connectivity index (χ1v) is 4.36. The highest BCUT2D eigenvalue weighted by Gasteiger charge is 2.57. The van der Waals surface area contributed by atoms with Crippen LogP contribution in [0.4, 0.5) is 0 Å². The zero-order valence-corrected chi connectivity index (χ0v) is 9.01. The summed E-state index contributed by atoms with van der Waals surface area (Å²) in [5, 5.41) is 81.6. The topological polar surface area (TPSA) is 220 Å². The van der Waals surface area contributed by atoms with Gasteiger partial charge in [0.1, 0.15) is 0 Å². The summed E-state index contributed by atoms with van der Waals surface area (Å²) in [4.78, 5) is -6.61. The zero-order chi connectivity index (χ0) is 15.3. The van der Waals surface area contributed by atoms with Gasteiger partial charge in [0.05, 0.1) is 12.3 Å². The lowest BCUT2D eigenvalue weighted by molar-refractivity contribution is -1.33.